The molecule has 0 fully saturated rings. The van der Waals surface area contributed by atoms with Gasteiger partial charge in [0.2, 0.25) is 5.91 Å². The Morgan fingerprint density at radius 1 is 1.14 bits per heavy atom. The van der Waals surface area contributed by atoms with E-state index in [0.29, 0.717) is 23.0 Å². The first kappa shape index (κ1) is 18.6. The summed E-state index contributed by atoms with van der Waals surface area (Å²) in [6, 6.07) is 10.6. The highest BCUT2D eigenvalue weighted by molar-refractivity contribution is 5.84. The monoisotopic (exact) mass is 393 g/mol. The molecule has 3 aromatic heterocycles. The lowest BCUT2D eigenvalue weighted by molar-refractivity contribution is -0.121. The molecular weight excluding hydrogens is 374 g/mol. The Labute approximate surface area is 164 Å². The van der Waals surface area contributed by atoms with Gasteiger partial charge in [-0.2, -0.15) is 5.10 Å². The highest BCUT2D eigenvalue weighted by Crippen LogP contribution is 2.13. The molecule has 29 heavy (non-hydrogen) atoms. The molecule has 0 unspecified atom stereocenters. The number of fused-ring (bicyclic) bond motifs is 2. The van der Waals surface area contributed by atoms with Gasteiger partial charge in [0.15, 0.2) is 11.2 Å². The zero-order valence-corrected chi connectivity index (χ0v) is 15.8. The van der Waals surface area contributed by atoms with Crippen LogP contribution in [0.25, 0.3) is 22.0 Å². The van der Waals surface area contributed by atoms with Crippen LogP contribution in [0.15, 0.2) is 56.6 Å². The third-order valence-electron chi connectivity index (χ3n) is 4.65. The topological polar surface area (TPSA) is 112 Å². The molecule has 0 aliphatic heterocycles. The van der Waals surface area contributed by atoms with E-state index in [4.69, 9.17) is 4.42 Å². The van der Waals surface area contributed by atoms with Crippen molar-refractivity contribution in [2.45, 2.75) is 26.4 Å². The molecular formula is C20H19N5O4. The summed E-state index contributed by atoms with van der Waals surface area (Å²) in [6.45, 7) is 2.14. The Hall–Kier alpha value is -3.75. The molecule has 1 aromatic carbocycles. The van der Waals surface area contributed by atoms with E-state index >= 15 is 0 Å². The van der Waals surface area contributed by atoms with Crippen molar-refractivity contribution in [1.29, 1.82) is 0 Å². The van der Waals surface area contributed by atoms with Gasteiger partial charge in [-0.05, 0) is 24.6 Å². The average molecular weight is 393 g/mol. The zero-order valence-electron chi connectivity index (χ0n) is 15.8. The van der Waals surface area contributed by atoms with E-state index in [0.717, 1.165) is 11.1 Å². The lowest BCUT2D eigenvalue weighted by atomic mass is 10.1. The van der Waals surface area contributed by atoms with Gasteiger partial charge < -0.3 is 9.73 Å². The minimum Gasteiger partial charge on any atom is -0.406 e. The first-order valence-electron chi connectivity index (χ1n) is 9.28. The van der Waals surface area contributed by atoms with Crippen molar-refractivity contribution in [2.24, 2.45) is 0 Å². The molecule has 9 nitrogen and oxygen atoms in total. The van der Waals surface area contributed by atoms with Crippen LogP contribution < -0.4 is 16.6 Å². The Kier molecular flexibility index (Phi) is 4.94. The zero-order chi connectivity index (χ0) is 20.4. The van der Waals surface area contributed by atoms with E-state index in [1.54, 1.807) is 30.5 Å². The second-order valence-electron chi connectivity index (χ2n) is 6.50. The molecule has 0 aliphatic rings. The summed E-state index contributed by atoms with van der Waals surface area (Å²) in [5.41, 5.74) is 1.26. The molecule has 0 radical (unpaired) electrons. The van der Waals surface area contributed by atoms with E-state index in [1.165, 1.54) is 9.25 Å². The molecule has 0 bridgehead atoms. The highest BCUT2D eigenvalue weighted by atomic mass is 16.4. The smallest absolute Gasteiger partial charge is 0.406 e. The average Bonchev–Trinajstić information content (AvgIpc) is 3.05. The first-order valence-corrected chi connectivity index (χ1v) is 9.28. The van der Waals surface area contributed by atoms with Crippen LogP contribution in [-0.2, 0) is 24.3 Å². The van der Waals surface area contributed by atoms with Crippen LogP contribution >= 0.6 is 0 Å². The van der Waals surface area contributed by atoms with Gasteiger partial charge in [-0.1, -0.05) is 25.1 Å². The molecule has 3 heterocycles. The summed E-state index contributed by atoms with van der Waals surface area (Å²) in [4.78, 5) is 41.0. The van der Waals surface area contributed by atoms with Crippen LogP contribution in [0.4, 0.5) is 0 Å². The van der Waals surface area contributed by atoms with Crippen LogP contribution in [-0.4, -0.2) is 31.8 Å². The van der Waals surface area contributed by atoms with Crippen LogP contribution in [0.1, 0.15) is 12.6 Å². The van der Waals surface area contributed by atoms with Gasteiger partial charge in [-0.25, -0.2) is 14.5 Å². The summed E-state index contributed by atoms with van der Waals surface area (Å²) in [5.74, 6) is -0.904. The number of nitrogens with zero attached hydrogens (tertiary/aromatic N) is 4. The molecule has 0 saturated carbocycles. The maximum Gasteiger partial charge on any atom is 0.421 e. The van der Waals surface area contributed by atoms with E-state index in [2.05, 4.69) is 15.4 Å². The number of amides is 1. The fourth-order valence-corrected chi connectivity index (χ4v) is 3.27. The standard InChI is InChI=1S/C20H19N5O4/c1-2-15-13-6-3-4-7-14(13)19(27)25(23-15)12-17(26)21-10-11-24-18-16(29-20(24)28)8-5-9-22-18/h3-9H,2,10-12H2,1H3,(H,21,26). The van der Waals surface area contributed by atoms with Crippen LogP contribution in [0.2, 0.25) is 0 Å². The SMILES string of the molecule is CCc1nn(CC(=O)NCCn2c(=O)oc3cccnc32)c(=O)c2ccccc12. The number of hydrogen-bond acceptors (Lipinski definition) is 6. The third kappa shape index (κ3) is 3.54. The molecule has 0 atom stereocenters. The lowest BCUT2D eigenvalue weighted by Gasteiger charge is -2.10. The predicted molar refractivity (Wildman–Crippen MR) is 107 cm³/mol. The predicted octanol–water partition coefficient (Wildman–Crippen LogP) is 1.08. The second kappa shape index (κ2) is 7.70. The molecule has 0 aliphatic carbocycles. The highest BCUT2D eigenvalue weighted by Gasteiger charge is 2.13. The van der Waals surface area contributed by atoms with Gasteiger partial charge in [0, 0.05) is 24.7 Å². The summed E-state index contributed by atoms with van der Waals surface area (Å²) in [5, 5.41) is 8.38. The van der Waals surface area contributed by atoms with Gasteiger partial charge in [-0.3, -0.25) is 14.2 Å². The van der Waals surface area contributed by atoms with Crippen molar-refractivity contribution >= 4 is 27.9 Å². The number of carbonyl (C=O) groups excluding carboxylic acids is 1. The third-order valence-corrected chi connectivity index (χ3v) is 4.65. The molecule has 4 rings (SSSR count). The summed E-state index contributed by atoms with van der Waals surface area (Å²) < 4.78 is 7.64. The van der Waals surface area contributed by atoms with Crippen molar-refractivity contribution in [1.82, 2.24) is 24.6 Å². The van der Waals surface area contributed by atoms with Crippen molar-refractivity contribution < 1.29 is 9.21 Å². The Morgan fingerprint density at radius 3 is 2.72 bits per heavy atom. The van der Waals surface area contributed by atoms with Gasteiger partial charge >= 0.3 is 5.76 Å². The Balaban J connectivity index is 1.48. The summed E-state index contributed by atoms with van der Waals surface area (Å²) in [7, 11) is 0. The van der Waals surface area contributed by atoms with Gasteiger partial charge in [0.25, 0.3) is 5.56 Å². The maximum absolute atomic E-state index is 12.6. The number of hydrogen-bond donors (Lipinski definition) is 1. The number of benzene rings is 1. The van der Waals surface area contributed by atoms with Crippen molar-refractivity contribution in [3.8, 4) is 0 Å². The molecule has 1 amide bonds. The number of pyridine rings is 1. The molecule has 4 aromatic rings. The Morgan fingerprint density at radius 2 is 1.93 bits per heavy atom. The minimum atomic E-state index is -0.534. The van der Waals surface area contributed by atoms with Gasteiger partial charge in [-0.15, -0.1) is 0 Å². The fraction of sp³-hybridized carbons (Fsp3) is 0.250. The van der Waals surface area contributed by atoms with E-state index in [-0.39, 0.29) is 31.1 Å². The maximum atomic E-state index is 12.6. The van der Waals surface area contributed by atoms with Crippen LogP contribution in [0.5, 0.6) is 0 Å². The van der Waals surface area contributed by atoms with Crippen LogP contribution in [0.3, 0.4) is 0 Å². The van der Waals surface area contributed by atoms with E-state index in [1.807, 2.05) is 19.1 Å². The Bertz CT molecular complexity index is 1320. The van der Waals surface area contributed by atoms with E-state index in [9.17, 15) is 14.4 Å². The molecule has 1 N–H and O–H groups in total. The fourth-order valence-electron chi connectivity index (χ4n) is 3.27. The van der Waals surface area contributed by atoms with Gasteiger partial charge in [0.05, 0.1) is 11.1 Å². The molecule has 148 valence electrons. The van der Waals surface area contributed by atoms with Gasteiger partial charge in [0.1, 0.15) is 6.54 Å². The number of oxazole rings is 1. The summed E-state index contributed by atoms with van der Waals surface area (Å²) >= 11 is 0. The number of aryl methyl sites for hydroxylation is 1. The number of aromatic nitrogens is 4. The minimum absolute atomic E-state index is 0.187. The van der Waals surface area contributed by atoms with Crippen molar-refractivity contribution in [3.05, 3.63) is 69.2 Å². The first-order chi connectivity index (χ1) is 14.1. The number of nitrogens with one attached hydrogen (secondary N) is 1. The lowest BCUT2D eigenvalue weighted by Crippen LogP contribution is -2.36. The largest absolute Gasteiger partial charge is 0.421 e. The van der Waals surface area contributed by atoms with Crippen molar-refractivity contribution in [2.75, 3.05) is 6.54 Å². The summed E-state index contributed by atoms with van der Waals surface area (Å²) in [6.07, 6.45) is 2.21. The van der Waals surface area contributed by atoms with E-state index < -0.39 is 5.76 Å². The second-order valence-corrected chi connectivity index (χ2v) is 6.50. The normalized spacial score (nSPS) is 11.2. The van der Waals surface area contributed by atoms with Crippen molar-refractivity contribution in [3.63, 3.8) is 0 Å². The molecule has 9 heteroatoms. The number of rotatable bonds is 6. The molecule has 0 saturated heterocycles. The number of carbonyl (C=O) groups is 1. The molecule has 0 spiro atoms. The quantitative estimate of drug-likeness (QED) is 0.525. The van der Waals surface area contributed by atoms with Crippen LogP contribution in [0, 0.1) is 0 Å².